The van der Waals surface area contributed by atoms with Crippen LogP contribution in [0.3, 0.4) is 0 Å². The topological polar surface area (TPSA) is 102 Å². The number of para-hydroxylation sites is 2. The Hall–Kier alpha value is -3.70. The summed E-state index contributed by atoms with van der Waals surface area (Å²) < 4.78 is 13.4. The summed E-state index contributed by atoms with van der Waals surface area (Å²) >= 11 is 0. The van der Waals surface area contributed by atoms with Gasteiger partial charge in [-0.3, -0.25) is 9.78 Å². The zero-order chi connectivity index (χ0) is 32.1. The average molecular weight is 621 g/mol. The molecule has 10 nitrogen and oxygen atoms in total. The summed E-state index contributed by atoms with van der Waals surface area (Å²) in [5.74, 6) is -0.0159. The molecule has 1 aromatic carbocycles. The first-order chi connectivity index (χ1) is 20.7. The molecule has 3 aromatic rings. The number of pyridine rings is 1. The highest BCUT2D eigenvalue weighted by Crippen LogP contribution is 2.30. The lowest BCUT2D eigenvalue weighted by Gasteiger charge is -2.38. The summed E-state index contributed by atoms with van der Waals surface area (Å²) in [4.78, 5) is 39.4. The van der Waals surface area contributed by atoms with E-state index in [0.29, 0.717) is 18.0 Å². The van der Waals surface area contributed by atoms with Crippen molar-refractivity contribution in [2.75, 3.05) is 37.0 Å². The maximum atomic E-state index is 13.8. The van der Waals surface area contributed by atoms with E-state index >= 15 is 0 Å². The third-order valence-corrected chi connectivity index (χ3v) is 9.29. The van der Waals surface area contributed by atoms with Gasteiger partial charge in [0.2, 0.25) is 5.82 Å². The van der Waals surface area contributed by atoms with Gasteiger partial charge in [0, 0.05) is 64.5 Å². The highest BCUT2D eigenvalue weighted by molar-refractivity contribution is 6.76. The van der Waals surface area contributed by atoms with Crippen LogP contribution < -0.4 is 10.2 Å². The molecule has 3 heterocycles. The molecule has 0 bridgehead atoms. The van der Waals surface area contributed by atoms with Gasteiger partial charge in [-0.15, -0.1) is 0 Å². The van der Waals surface area contributed by atoms with Gasteiger partial charge in [0.15, 0.2) is 0 Å². The number of carbonyl (C=O) groups is 2. The van der Waals surface area contributed by atoms with E-state index in [4.69, 9.17) is 14.5 Å². The molecule has 2 aromatic heterocycles. The Bertz CT molecular complexity index is 1440. The van der Waals surface area contributed by atoms with E-state index in [1.807, 2.05) is 70.3 Å². The average Bonchev–Trinajstić information content (AvgIpc) is 3.38. The van der Waals surface area contributed by atoms with Gasteiger partial charge in [-0.1, -0.05) is 31.8 Å². The van der Waals surface area contributed by atoms with E-state index in [1.165, 1.54) is 0 Å². The lowest BCUT2D eigenvalue weighted by Crippen LogP contribution is -2.47. The molecule has 1 fully saturated rings. The number of hydrogen-bond donors (Lipinski definition) is 1. The second-order valence-electron chi connectivity index (χ2n) is 13.7. The number of aromatic nitrogens is 3. The molecule has 4 rings (SSSR count). The molecular formula is C33H48N6O4Si. The molecule has 0 aliphatic carbocycles. The Kier molecular flexibility index (Phi) is 10.5. The third kappa shape index (κ3) is 9.15. The summed E-state index contributed by atoms with van der Waals surface area (Å²) in [6.07, 6.45) is 4.91. The van der Waals surface area contributed by atoms with E-state index in [9.17, 15) is 9.59 Å². The number of carbonyl (C=O) groups excluding carboxylic acids is 2. The minimum Gasteiger partial charge on any atom is -0.444 e. The molecule has 1 saturated heterocycles. The van der Waals surface area contributed by atoms with Gasteiger partial charge in [0.25, 0.3) is 5.91 Å². The molecule has 0 spiro atoms. The summed E-state index contributed by atoms with van der Waals surface area (Å²) in [5.41, 5.74) is 3.59. The Labute approximate surface area is 262 Å². The Balaban J connectivity index is 1.49. The highest BCUT2D eigenvalue weighted by atomic mass is 28.3. The first kappa shape index (κ1) is 33.2. The van der Waals surface area contributed by atoms with Crippen molar-refractivity contribution in [2.24, 2.45) is 0 Å². The molecule has 1 N–H and O–H groups in total. The molecule has 2 amide bonds. The Morgan fingerprint density at radius 2 is 1.82 bits per heavy atom. The normalized spacial score (nSPS) is 14.4. The van der Waals surface area contributed by atoms with E-state index in [-0.39, 0.29) is 30.6 Å². The quantitative estimate of drug-likeness (QED) is 0.200. The van der Waals surface area contributed by atoms with E-state index in [0.717, 1.165) is 48.9 Å². The van der Waals surface area contributed by atoms with Crippen molar-refractivity contribution in [2.45, 2.75) is 84.6 Å². The second-order valence-corrected chi connectivity index (χ2v) is 19.4. The summed E-state index contributed by atoms with van der Waals surface area (Å²) in [5, 5.41) is 3.12. The van der Waals surface area contributed by atoms with E-state index in [1.54, 1.807) is 22.7 Å². The minimum absolute atomic E-state index is 0.0894. The number of hydrogen-bond acceptors (Lipinski definition) is 7. The first-order valence-corrected chi connectivity index (χ1v) is 19.1. The molecule has 0 saturated carbocycles. The van der Waals surface area contributed by atoms with Crippen molar-refractivity contribution in [3.05, 3.63) is 60.3 Å². The monoisotopic (exact) mass is 620 g/mol. The highest BCUT2D eigenvalue weighted by Gasteiger charge is 2.29. The minimum atomic E-state index is -1.25. The van der Waals surface area contributed by atoms with Crippen LogP contribution in [0.5, 0.6) is 0 Å². The summed E-state index contributed by atoms with van der Waals surface area (Å²) in [6, 6.07) is 12.8. The van der Waals surface area contributed by atoms with Crippen molar-refractivity contribution >= 4 is 31.4 Å². The molecule has 0 atom stereocenters. The Morgan fingerprint density at radius 1 is 1.11 bits per heavy atom. The van der Waals surface area contributed by atoms with Gasteiger partial charge in [-0.05, 0) is 70.8 Å². The standard InChI is InChI=1S/C33H48N6O4Si/c1-24-21-25(13-16-34-24)28-22-39(23-42-19-20-44(6,7)8)30(35-28)31(40)36-27-11-9-10-12-29(27)38-17-14-26(15-18-38)37(5)32(41)43-33(2,3)4/h9-13,16,21-22,26H,14-15,17-20,23H2,1-8H3,(H,36,40). The number of ether oxygens (including phenoxy) is 2. The van der Waals surface area contributed by atoms with Crippen LogP contribution in [0.15, 0.2) is 48.8 Å². The molecule has 11 heteroatoms. The maximum Gasteiger partial charge on any atom is 0.410 e. The van der Waals surface area contributed by atoms with Gasteiger partial charge in [-0.2, -0.15) is 0 Å². The van der Waals surface area contributed by atoms with Crippen LogP contribution in [0.4, 0.5) is 16.2 Å². The van der Waals surface area contributed by atoms with Crippen molar-refractivity contribution in [3.8, 4) is 11.3 Å². The number of anilines is 2. The van der Waals surface area contributed by atoms with Crippen LogP contribution >= 0.6 is 0 Å². The van der Waals surface area contributed by atoms with Gasteiger partial charge in [0.1, 0.15) is 12.3 Å². The first-order valence-electron chi connectivity index (χ1n) is 15.4. The zero-order valence-electron chi connectivity index (χ0n) is 27.5. The van der Waals surface area contributed by atoms with Gasteiger partial charge < -0.3 is 29.2 Å². The fourth-order valence-electron chi connectivity index (χ4n) is 5.09. The van der Waals surface area contributed by atoms with Gasteiger partial charge >= 0.3 is 6.09 Å². The molecule has 44 heavy (non-hydrogen) atoms. The predicted molar refractivity (Wildman–Crippen MR) is 178 cm³/mol. The number of benzene rings is 1. The van der Waals surface area contributed by atoms with Gasteiger partial charge in [0.05, 0.1) is 17.1 Å². The van der Waals surface area contributed by atoms with Crippen molar-refractivity contribution in [1.82, 2.24) is 19.4 Å². The van der Waals surface area contributed by atoms with Crippen molar-refractivity contribution in [1.29, 1.82) is 0 Å². The summed E-state index contributed by atoms with van der Waals surface area (Å²) in [6.45, 7) is 16.9. The number of rotatable bonds is 10. The Morgan fingerprint density at radius 3 is 2.48 bits per heavy atom. The van der Waals surface area contributed by atoms with Crippen LogP contribution in [0.1, 0.15) is 49.9 Å². The lowest BCUT2D eigenvalue weighted by atomic mass is 10.0. The molecule has 238 valence electrons. The fraction of sp³-hybridized carbons (Fsp3) is 0.515. The largest absolute Gasteiger partial charge is 0.444 e. The van der Waals surface area contributed by atoms with Crippen molar-refractivity contribution < 1.29 is 19.1 Å². The molecule has 0 radical (unpaired) electrons. The smallest absolute Gasteiger partial charge is 0.410 e. The van der Waals surface area contributed by atoms with E-state index < -0.39 is 13.7 Å². The fourth-order valence-corrected chi connectivity index (χ4v) is 5.85. The van der Waals surface area contributed by atoms with Crippen LogP contribution in [0, 0.1) is 6.92 Å². The van der Waals surface area contributed by atoms with Crippen molar-refractivity contribution in [3.63, 3.8) is 0 Å². The molecule has 1 aliphatic rings. The van der Waals surface area contributed by atoms with Crippen LogP contribution in [0.25, 0.3) is 11.3 Å². The molecular weight excluding hydrogens is 572 g/mol. The zero-order valence-corrected chi connectivity index (χ0v) is 28.5. The molecule has 0 unspecified atom stereocenters. The van der Waals surface area contributed by atoms with Crippen LogP contribution in [-0.2, 0) is 16.2 Å². The number of imidazole rings is 1. The van der Waals surface area contributed by atoms with Gasteiger partial charge in [-0.25, -0.2) is 9.78 Å². The molecule has 1 aliphatic heterocycles. The SMILES string of the molecule is Cc1cc(-c2cn(COCC[Si](C)(C)C)c(C(=O)Nc3ccccc3N3CCC(N(C)C(=O)OC(C)(C)C)CC3)n2)ccn1. The van der Waals surface area contributed by atoms with E-state index in [2.05, 4.69) is 34.8 Å². The summed E-state index contributed by atoms with van der Waals surface area (Å²) in [7, 11) is 0.556. The number of nitrogens with zero attached hydrogens (tertiary/aromatic N) is 5. The van der Waals surface area contributed by atoms with Crippen LogP contribution in [-0.4, -0.2) is 77.9 Å². The number of amides is 2. The number of aryl methyl sites for hydroxylation is 1. The predicted octanol–water partition coefficient (Wildman–Crippen LogP) is 6.65. The lowest BCUT2D eigenvalue weighted by molar-refractivity contribution is 0.0200. The maximum absolute atomic E-state index is 13.8. The number of nitrogens with one attached hydrogen (secondary N) is 1. The second kappa shape index (κ2) is 13.9. The number of piperidine rings is 1. The van der Waals surface area contributed by atoms with Crippen LogP contribution in [0.2, 0.25) is 25.7 Å². The third-order valence-electron chi connectivity index (χ3n) is 7.59.